The van der Waals surface area contributed by atoms with E-state index in [4.69, 9.17) is 0 Å². The lowest BCUT2D eigenvalue weighted by atomic mass is 10.0. The number of hydrogen-bond donors (Lipinski definition) is 3. The first-order valence-corrected chi connectivity index (χ1v) is 7.56. The predicted molar refractivity (Wildman–Crippen MR) is 89.3 cm³/mol. The predicted octanol–water partition coefficient (Wildman–Crippen LogP) is 2.20. The van der Waals surface area contributed by atoms with Crippen LogP contribution in [0, 0.1) is 6.92 Å². The van der Waals surface area contributed by atoms with Gasteiger partial charge in [-0.15, -0.1) is 0 Å². The van der Waals surface area contributed by atoms with Crippen molar-refractivity contribution in [3.8, 4) is 0 Å². The van der Waals surface area contributed by atoms with Crippen LogP contribution in [0.25, 0.3) is 10.9 Å². The van der Waals surface area contributed by atoms with Crippen molar-refractivity contribution in [2.24, 2.45) is 0 Å². The van der Waals surface area contributed by atoms with E-state index in [1.165, 1.54) is 0 Å². The number of amides is 1. The fourth-order valence-electron chi connectivity index (χ4n) is 2.68. The molecule has 0 radical (unpaired) electrons. The van der Waals surface area contributed by atoms with Gasteiger partial charge in [-0.1, -0.05) is 18.2 Å². The van der Waals surface area contributed by atoms with E-state index in [1.54, 1.807) is 18.3 Å². The zero-order valence-corrected chi connectivity index (χ0v) is 12.9. The van der Waals surface area contributed by atoms with Crippen LogP contribution in [-0.4, -0.2) is 33.6 Å². The summed E-state index contributed by atoms with van der Waals surface area (Å²) in [6.07, 6.45) is 4.10. The van der Waals surface area contributed by atoms with Crippen LogP contribution in [0.2, 0.25) is 0 Å². The number of para-hydroxylation sites is 1. The molecule has 23 heavy (non-hydrogen) atoms. The quantitative estimate of drug-likeness (QED) is 0.676. The number of hydrogen-bond acceptors (Lipinski definition) is 3. The van der Waals surface area contributed by atoms with E-state index in [2.05, 4.69) is 15.3 Å². The number of aromatic amines is 1. The number of fused-ring (bicyclic) bond motifs is 1. The molecule has 0 aliphatic heterocycles. The van der Waals surface area contributed by atoms with Gasteiger partial charge in [0.15, 0.2) is 0 Å². The SMILES string of the molecule is Cc1cc(C(=O)N[C@@H](CO)Cc2c[nH]c3ccccc23)ccn1. The maximum Gasteiger partial charge on any atom is 0.251 e. The molecule has 1 aromatic carbocycles. The minimum Gasteiger partial charge on any atom is -0.394 e. The molecule has 0 bridgehead atoms. The molecule has 1 atom stereocenters. The summed E-state index contributed by atoms with van der Waals surface area (Å²) in [5, 5.41) is 13.6. The van der Waals surface area contributed by atoms with E-state index >= 15 is 0 Å². The summed E-state index contributed by atoms with van der Waals surface area (Å²) < 4.78 is 0. The van der Waals surface area contributed by atoms with Crippen LogP contribution in [0.15, 0.2) is 48.8 Å². The Labute approximate surface area is 134 Å². The molecule has 0 aliphatic carbocycles. The summed E-state index contributed by atoms with van der Waals surface area (Å²) in [4.78, 5) is 19.6. The van der Waals surface area contributed by atoms with Gasteiger partial charge < -0.3 is 15.4 Å². The molecule has 0 unspecified atom stereocenters. The number of nitrogens with one attached hydrogen (secondary N) is 2. The molecule has 1 amide bonds. The summed E-state index contributed by atoms with van der Waals surface area (Å²) in [6, 6.07) is 11.0. The number of rotatable bonds is 5. The van der Waals surface area contributed by atoms with Crippen molar-refractivity contribution in [3.63, 3.8) is 0 Å². The van der Waals surface area contributed by atoms with Crippen molar-refractivity contribution >= 4 is 16.8 Å². The zero-order chi connectivity index (χ0) is 16.2. The Morgan fingerprint density at radius 1 is 1.35 bits per heavy atom. The Hall–Kier alpha value is -2.66. The Kier molecular flexibility index (Phi) is 4.39. The van der Waals surface area contributed by atoms with Crippen molar-refractivity contribution in [1.82, 2.24) is 15.3 Å². The van der Waals surface area contributed by atoms with E-state index in [0.717, 1.165) is 22.2 Å². The van der Waals surface area contributed by atoms with Crippen molar-refractivity contribution in [1.29, 1.82) is 0 Å². The highest BCUT2D eigenvalue weighted by Crippen LogP contribution is 2.19. The van der Waals surface area contributed by atoms with Crippen LogP contribution in [0.5, 0.6) is 0 Å². The van der Waals surface area contributed by atoms with E-state index in [-0.39, 0.29) is 18.6 Å². The van der Waals surface area contributed by atoms with Gasteiger partial charge in [0.1, 0.15) is 0 Å². The number of aliphatic hydroxyl groups is 1. The van der Waals surface area contributed by atoms with Gasteiger partial charge >= 0.3 is 0 Å². The first-order valence-electron chi connectivity index (χ1n) is 7.56. The number of nitrogens with zero attached hydrogens (tertiary/aromatic N) is 1. The molecule has 2 aromatic heterocycles. The van der Waals surface area contributed by atoms with Gasteiger partial charge in [0, 0.05) is 34.6 Å². The van der Waals surface area contributed by atoms with Gasteiger partial charge in [-0.3, -0.25) is 9.78 Å². The van der Waals surface area contributed by atoms with Gasteiger partial charge in [-0.25, -0.2) is 0 Å². The second kappa shape index (κ2) is 6.62. The number of carbonyl (C=O) groups is 1. The molecule has 3 rings (SSSR count). The van der Waals surface area contributed by atoms with Crippen LogP contribution in [0.1, 0.15) is 21.6 Å². The second-order valence-electron chi connectivity index (χ2n) is 5.60. The molecule has 0 aliphatic rings. The highest BCUT2D eigenvalue weighted by Gasteiger charge is 2.15. The van der Waals surface area contributed by atoms with E-state index in [1.807, 2.05) is 37.4 Å². The summed E-state index contributed by atoms with van der Waals surface area (Å²) in [5.41, 5.74) is 3.46. The van der Waals surface area contributed by atoms with Gasteiger partial charge in [0.05, 0.1) is 12.6 Å². The molecular formula is C18H19N3O2. The van der Waals surface area contributed by atoms with Crippen LogP contribution in [0.3, 0.4) is 0 Å². The van der Waals surface area contributed by atoms with Crippen LogP contribution in [-0.2, 0) is 6.42 Å². The highest BCUT2D eigenvalue weighted by molar-refractivity contribution is 5.94. The molecular weight excluding hydrogens is 290 g/mol. The fourth-order valence-corrected chi connectivity index (χ4v) is 2.68. The molecule has 5 nitrogen and oxygen atoms in total. The summed E-state index contributed by atoms with van der Waals surface area (Å²) in [6.45, 7) is 1.72. The minimum absolute atomic E-state index is 0.116. The maximum atomic E-state index is 12.3. The molecule has 3 aromatic rings. The molecule has 0 saturated carbocycles. The Morgan fingerprint density at radius 3 is 2.96 bits per heavy atom. The topological polar surface area (TPSA) is 78.0 Å². The highest BCUT2D eigenvalue weighted by atomic mass is 16.3. The maximum absolute atomic E-state index is 12.3. The average Bonchev–Trinajstić information content (AvgIpc) is 2.97. The number of pyridine rings is 1. The standard InChI is InChI=1S/C18H19N3O2/c1-12-8-13(6-7-19-12)18(23)21-15(11-22)9-14-10-20-17-5-3-2-4-16(14)17/h2-8,10,15,20,22H,9,11H2,1H3,(H,21,23)/t15-/m1/s1. The molecule has 0 saturated heterocycles. The Bertz CT molecular complexity index is 826. The van der Waals surface area contributed by atoms with Gasteiger partial charge in [0.25, 0.3) is 5.91 Å². The van der Waals surface area contributed by atoms with Gasteiger partial charge in [-0.05, 0) is 37.1 Å². The van der Waals surface area contributed by atoms with Gasteiger partial charge in [0.2, 0.25) is 0 Å². The molecule has 0 fully saturated rings. The normalized spacial score (nSPS) is 12.3. The van der Waals surface area contributed by atoms with Crippen LogP contribution >= 0.6 is 0 Å². The third kappa shape index (κ3) is 3.40. The van der Waals surface area contributed by atoms with Crippen molar-refractivity contribution in [3.05, 3.63) is 65.6 Å². The van der Waals surface area contributed by atoms with E-state index in [0.29, 0.717) is 12.0 Å². The first kappa shape index (κ1) is 15.2. The summed E-state index contributed by atoms with van der Waals surface area (Å²) >= 11 is 0. The van der Waals surface area contributed by atoms with Gasteiger partial charge in [-0.2, -0.15) is 0 Å². The molecule has 5 heteroatoms. The lowest BCUT2D eigenvalue weighted by Gasteiger charge is -2.16. The molecule has 0 spiro atoms. The Morgan fingerprint density at radius 2 is 2.17 bits per heavy atom. The molecule has 118 valence electrons. The summed E-state index contributed by atoms with van der Waals surface area (Å²) in [7, 11) is 0. The zero-order valence-electron chi connectivity index (χ0n) is 12.9. The summed E-state index contributed by atoms with van der Waals surface area (Å²) in [5.74, 6) is -0.200. The first-order chi connectivity index (χ1) is 11.2. The third-order valence-electron chi connectivity index (χ3n) is 3.86. The van der Waals surface area contributed by atoms with Crippen molar-refractivity contribution in [2.45, 2.75) is 19.4 Å². The average molecular weight is 309 g/mol. The van der Waals surface area contributed by atoms with E-state index < -0.39 is 0 Å². The third-order valence-corrected chi connectivity index (χ3v) is 3.86. The van der Waals surface area contributed by atoms with Crippen molar-refractivity contribution < 1.29 is 9.90 Å². The smallest absolute Gasteiger partial charge is 0.251 e. The molecule has 2 heterocycles. The number of benzene rings is 1. The lowest BCUT2D eigenvalue weighted by Crippen LogP contribution is -2.39. The number of H-pyrrole nitrogens is 1. The minimum atomic E-state index is -0.338. The van der Waals surface area contributed by atoms with Crippen LogP contribution < -0.4 is 5.32 Å². The Balaban J connectivity index is 1.74. The monoisotopic (exact) mass is 309 g/mol. The fraction of sp³-hybridized carbons (Fsp3) is 0.222. The number of carbonyl (C=O) groups excluding carboxylic acids is 1. The number of aryl methyl sites for hydroxylation is 1. The number of aromatic nitrogens is 2. The van der Waals surface area contributed by atoms with Crippen LogP contribution in [0.4, 0.5) is 0 Å². The van der Waals surface area contributed by atoms with Crippen molar-refractivity contribution in [2.75, 3.05) is 6.61 Å². The second-order valence-corrected chi connectivity index (χ2v) is 5.60. The van der Waals surface area contributed by atoms with E-state index in [9.17, 15) is 9.90 Å². The largest absolute Gasteiger partial charge is 0.394 e. The number of aliphatic hydroxyl groups excluding tert-OH is 1. The molecule has 3 N–H and O–H groups in total. The lowest BCUT2D eigenvalue weighted by molar-refractivity contribution is 0.0916.